The molecule has 2 N–H and O–H groups in total. The number of nitrogens with zero attached hydrogens (tertiary/aromatic N) is 3. The van der Waals surface area contributed by atoms with Gasteiger partial charge < -0.3 is 5.73 Å². The van der Waals surface area contributed by atoms with E-state index in [0.717, 1.165) is 11.3 Å². The topological polar surface area (TPSA) is 56.7 Å². The summed E-state index contributed by atoms with van der Waals surface area (Å²) in [6.45, 7) is 4.09. The lowest BCUT2D eigenvalue weighted by Crippen LogP contribution is -2.35. The summed E-state index contributed by atoms with van der Waals surface area (Å²) in [6.07, 6.45) is 2.59. The van der Waals surface area contributed by atoms with Crippen molar-refractivity contribution in [1.29, 1.82) is 0 Å². The Morgan fingerprint density at radius 2 is 1.94 bits per heavy atom. The molecule has 17 heavy (non-hydrogen) atoms. The third kappa shape index (κ3) is 2.71. The first-order valence-electron chi connectivity index (χ1n) is 5.68. The van der Waals surface area contributed by atoms with Crippen molar-refractivity contribution in [2.24, 2.45) is 12.8 Å². The molecule has 1 atom stereocenters. The molecule has 0 aliphatic carbocycles. The maximum Gasteiger partial charge on any atom is 0.0848 e. The lowest BCUT2D eigenvalue weighted by molar-refractivity contribution is 0.484. The van der Waals surface area contributed by atoms with Gasteiger partial charge in [0.05, 0.1) is 5.69 Å². The second-order valence-electron chi connectivity index (χ2n) is 4.84. The average molecular weight is 230 g/mol. The van der Waals surface area contributed by atoms with Crippen LogP contribution >= 0.6 is 0 Å². The summed E-state index contributed by atoms with van der Waals surface area (Å²) in [4.78, 5) is 0. The van der Waals surface area contributed by atoms with Gasteiger partial charge in [-0.1, -0.05) is 35.0 Å². The monoisotopic (exact) mass is 230 g/mol. The molecule has 90 valence electrons. The van der Waals surface area contributed by atoms with E-state index < -0.39 is 5.54 Å². The van der Waals surface area contributed by atoms with Crippen LogP contribution in [-0.4, -0.2) is 15.0 Å². The highest BCUT2D eigenvalue weighted by atomic mass is 15.4. The fraction of sp³-hybridized carbons (Fsp3) is 0.385. The van der Waals surface area contributed by atoms with E-state index in [9.17, 15) is 0 Å². The zero-order valence-electron chi connectivity index (χ0n) is 10.5. The van der Waals surface area contributed by atoms with Gasteiger partial charge in [0.25, 0.3) is 0 Å². The fourth-order valence-corrected chi connectivity index (χ4v) is 1.89. The first kappa shape index (κ1) is 11.8. The van der Waals surface area contributed by atoms with E-state index >= 15 is 0 Å². The SMILES string of the molecule is Cc1ccc(C(C)(N)Cc2cn(C)nn2)cc1. The quantitative estimate of drug-likeness (QED) is 0.870. The molecule has 0 saturated heterocycles. The lowest BCUT2D eigenvalue weighted by atomic mass is 9.88. The first-order chi connectivity index (χ1) is 7.97. The number of hydrogen-bond donors (Lipinski definition) is 1. The molecule has 1 heterocycles. The van der Waals surface area contributed by atoms with Crippen molar-refractivity contribution in [2.75, 3.05) is 0 Å². The Bertz CT molecular complexity index is 496. The number of hydrogen-bond acceptors (Lipinski definition) is 3. The highest BCUT2D eigenvalue weighted by molar-refractivity contribution is 5.28. The summed E-state index contributed by atoms with van der Waals surface area (Å²) >= 11 is 0. The van der Waals surface area contributed by atoms with Crippen LogP contribution in [0, 0.1) is 6.92 Å². The van der Waals surface area contributed by atoms with Crippen molar-refractivity contribution in [3.8, 4) is 0 Å². The second kappa shape index (κ2) is 4.30. The third-order valence-electron chi connectivity index (χ3n) is 2.91. The van der Waals surface area contributed by atoms with Crippen molar-refractivity contribution in [1.82, 2.24) is 15.0 Å². The van der Waals surface area contributed by atoms with E-state index in [4.69, 9.17) is 5.73 Å². The molecule has 0 radical (unpaired) electrons. The molecule has 0 bridgehead atoms. The maximum atomic E-state index is 6.35. The van der Waals surface area contributed by atoms with Gasteiger partial charge in [-0.2, -0.15) is 0 Å². The van der Waals surface area contributed by atoms with Crippen molar-refractivity contribution in [2.45, 2.75) is 25.8 Å². The molecule has 0 saturated carbocycles. The summed E-state index contributed by atoms with van der Waals surface area (Å²) < 4.78 is 1.69. The van der Waals surface area contributed by atoms with Gasteiger partial charge in [-0.3, -0.25) is 4.68 Å². The van der Waals surface area contributed by atoms with Gasteiger partial charge in [-0.25, -0.2) is 0 Å². The van der Waals surface area contributed by atoms with Crippen molar-refractivity contribution >= 4 is 0 Å². The summed E-state index contributed by atoms with van der Waals surface area (Å²) in [5.74, 6) is 0. The molecule has 2 aromatic rings. The standard InChI is InChI=1S/C13H18N4/c1-10-4-6-11(7-5-10)13(2,14)8-12-9-17(3)16-15-12/h4-7,9H,8,14H2,1-3H3. The van der Waals surface area contributed by atoms with Crippen LogP contribution in [0.15, 0.2) is 30.5 Å². The maximum absolute atomic E-state index is 6.35. The Labute approximate surface area is 101 Å². The molecule has 1 aromatic heterocycles. The minimum absolute atomic E-state index is 0.413. The van der Waals surface area contributed by atoms with E-state index in [2.05, 4.69) is 41.5 Å². The summed E-state index contributed by atoms with van der Waals surface area (Å²) in [6, 6.07) is 8.31. The Kier molecular flexibility index (Phi) is 2.98. The van der Waals surface area contributed by atoms with Gasteiger partial charge in [0, 0.05) is 25.2 Å². The summed E-state index contributed by atoms with van der Waals surface area (Å²) in [5, 5.41) is 8.00. The number of nitrogens with two attached hydrogens (primary N) is 1. The molecule has 4 nitrogen and oxygen atoms in total. The van der Waals surface area contributed by atoms with Crippen LogP contribution in [0.3, 0.4) is 0 Å². The average Bonchev–Trinajstić information content (AvgIpc) is 2.63. The molecule has 0 aliphatic rings. The van der Waals surface area contributed by atoms with Crippen LogP contribution in [0.2, 0.25) is 0 Å². The Hall–Kier alpha value is -1.68. The summed E-state index contributed by atoms with van der Waals surface area (Å²) in [5.41, 5.74) is 9.21. The fourth-order valence-electron chi connectivity index (χ4n) is 1.89. The number of benzene rings is 1. The molecule has 0 amide bonds. The largest absolute Gasteiger partial charge is 0.321 e. The number of rotatable bonds is 3. The molecule has 1 aromatic carbocycles. The van der Waals surface area contributed by atoms with Gasteiger partial charge >= 0.3 is 0 Å². The van der Waals surface area contributed by atoms with Gasteiger partial charge in [0.15, 0.2) is 0 Å². The van der Waals surface area contributed by atoms with Crippen LogP contribution in [-0.2, 0) is 19.0 Å². The molecule has 0 spiro atoms. The van der Waals surface area contributed by atoms with Crippen molar-refractivity contribution in [3.63, 3.8) is 0 Å². The highest BCUT2D eigenvalue weighted by Crippen LogP contribution is 2.22. The van der Waals surface area contributed by atoms with Crippen LogP contribution in [0.5, 0.6) is 0 Å². The molecule has 4 heteroatoms. The first-order valence-corrected chi connectivity index (χ1v) is 5.68. The van der Waals surface area contributed by atoms with Crippen molar-refractivity contribution in [3.05, 3.63) is 47.3 Å². The van der Waals surface area contributed by atoms with Crippen LogP contribution < -0.4 is 5.73 Å². The molecular weight excluding hydrogens is 212 g/mol. The van der Waals surface area contributed by atoms with E-state index in [-0.39, 0.29) is 0 Å². The van der Waals surface area contributed by atoms with Gasteiger partial charge in [-0.15, -0.1) is 5.10 Å². The Morgan fingerprint density at radius 1 is 1.29 bits per heavy atom. The van der Waals surface area contributed by atoms with Gasteiger partial charge in [0.2, 0.25) is 0 Å². The zero-order valence-corrected chi connectivity index (χ0v) is 10.5. The zero-order chi connectivity index (χ0) is 12.5. The van der Waals surface area contributed by atoms with Crippen LogP contribution in [0.1, 0.15) is 23.7 Å². The minimum atomic E-state index is -0.413. The third-order valence-corrected chi connectivity index (χ3v) is 2.91. The van der Waals surface area contributed by atoms with E-state index in [1.54, 1.807) is 4.68 Å². The molecular formula is C13H18N4. The predicted octanol–water partition coefficient (Wildman–Crippen LogP) is 1.54. The molecule has 0 fully saturated rings. The second-order valence-corrected chi connectivity index (χ2v) is 4.84. The molecule has 1 unspecified atom stereocenters. The van der Waals surface area contributed by atoms with Gasteiger partial charge in [-0.05, 0) is 19.4 Å². The van der Waals surface area contributed by atoms with E-state index in [1.807, 2.05) is 20.2 Å². The Morgan fingerprint density at radius 3 is 2.47 bits per heavy atom. The van der Waals surface area contributed by atoms with E-state index in [0.29, 0.717) is 6.42 Å². The smallest absolute Gasteiger partial charge is 0.0848 e. The van der Waals surface area contributed by atoms with Crippen LogP contribution in [0.25, 0.3) is 0 Å². The minimum Gasteiger partial charge on any atom is -0.321 e. The predicted molar refractivity (Wildman–Crippen MR) is 67.4 cm³/mol. The molecule has 2 rings (SSSR count). The molecule has 0 aliphatic heterocycles. The van der Waals surface area contributed by atoms with Crippen molar-refractivity contribution < 1.29 is 0 Å². The normalized spacial score (nSPS) is 14.6. The van der Waals surface area contributed by atoms with E-state index in [1.165, 1.54) is 5.56 Å². The number of aryl methyl sites for hydroxylation is 2. The lowest BCUT2D eigenvalue weighted by Gasteiger charge is -2.24. The summed E-state index contributed by atoms with van der Waals surface area (Å²) in [7, 11) is 1.86. The van der Waals surface area contributed by atoms with Crippen LogP contribution in [0.4, 0.5) is 0 Å². The highest BCUT2D eigenvalue weighted by Gasteiger charge is 2.22. The van der Waals surface area contributed by atoms with Gasteiger partial charge in [0.1, 0.15) is 0 Å². The Balaban J connectivity index is 2.21. The number of aromatic nitrogens is 3.